The topological polar surface area (TPSA) is 60.7 Å². The zero-order valence-corrected chi connectivity index (χ0v) is 22.0. The molecular formula is C28H49ClO3. The fraction of sp³-hybridized carbons (Fsp3) is 1.00. The summed E-state index contributed by atoms with van der Waals surface area (Å²) in [5.41, 5.74) is -2.64. The first-order chi connectivity index (χ1) is 14.9. The highest BCUT2D eigenvalue weighted by Crippen LogP contribution is 2.71. The average molecular weight is 469 g/mol. The molecule has 0 radical (unpaired) electrons. The van der Waals surface area contributed by atoms with Crippen LogP contribution in [-0.2, 0) is 0 Å². The van der Waals surface area contributed by atoms with Crippen molar-refractivity contribution in [1.29, 1.82) is 0 Å². The quantitative estimate of drug-likeness (QED) is 0.409. The standard InChI is InChI=1S/C28H49ClO3/c1-18(2)7-6-8-19(3)22-9-10-23-21-16-27(31,17-29)28(32)15-20(30)11-14-26(28,5)24(21)12-13-25(22,23)4/h18-24,30-32H,6-17H2,1-5H3/t19-,20?,21+,22-,23+,24+,25-,26-,27?,28?/m1/s1. The minimum Gasteiger partial charge on any atom is -0.393 e. The fourth-order valence-electron chi connectivity index (χ4n) is 9.67. The molecule has 186 valence electrons. The molecule has 4 aliphatic rings. The van der Waals surface area contributed by atoms with Gasteiger partial charge in [0.15, 0.2) is 0 Å². The maximum atomic E-state index is 12.0. The second kappa shape index (κ2) is 8.68. The van der Waals surface area contributed by atoms with Crippen molar-refractivity contribution in [3.05, 3.63) is 0 Å². The van der Waals surface area contributed by atoms with Crippen molar-refractivity contribution in [2.75, 3.05) is 5.88 Å². The highest BCUT2D eigenvalue weighted by molar-refractivity contribution is 6.18. The lowest BCUT2D eigenvalue weighted by Gasteiger charge is -2.68. The highest BCUT2D eigenvalue weighted by atomic mass is 35.5. The number of halogens is 1. The van der Waals surface area contributed by atoms with Crippen molar-refractivity contribution >= 4 is 11.6 Å². The third kappa shape index (κ3) is 3.62. The number of aliphatic hydroxyl groups excluding tert-OH is 1. The summed E-state index contributed by atoms with van der Waals surface area (Å²) >= 11 is 6.42. The van der Waals surface area contributed by atoms with Crippen LogP contribution in [-0.4, -0.2) is 38.5 Å². The number of aliphatic hydroxyl groups is 3. The molecule has 3 nitrogen and oxygen atoms in total. The molecule has 4 rings (SSSR count). The smallest absolute Gasteiger partial charge is 0.108 e. The monoisotopic (exact) mass is 468 g/mol. The van der Waals surface area contributed by atoms with Gasteiger partial charge >= 0.3 is 0 Å². The molecule has 4 fully saturated rings. The van der Waals surface area contributed by atoms with Crippen molar-refractivity contribution in [2.45, 2.75) is 123 Å². The van der Waals surface area contributed by atoms with Crippen molar-refractivity contribution in [3.8, 4) is 0 Å². The van der Waals surface area contributed by atoms with E-state index in [2.05, 4.69) is 34.6 Å². The van der Waals surface area contributed by atoms with E-state index in [0.29, 0.717) is 29.6 Å². The van der Waals surface area contributed by atoms with Crippen LogP contribution in [0, 0.1) is 46.3 Å². The largest absolute Gasteiger partial charge is 0.393 e. The molecule has 4 heteroatoms. The number of fused-ring (bicyclic) bond motifs is 5. The Balaban J connectivity index is 1.60. The first-order valence-corrected chi connectivity index (χ1v) is 14.1. The molecule has 0 heterocycles. The number of hydrogen-bond acceptors (Lipinski definition) is 3. The summed E-state index contributed by atoms with van der Waals surface area (Å²) < 4.78 is 0. The highest BCUT2D eigenvalue weighted by Gasteiger charge is 2.71. The zero-order chi connectivity index (χ0) is 23.5. The van der Waals surface area contributed by atoms with Crippen molar-refractivity contribution < 1.29 is 15.3 Å². The molecule has 0 bridgehead atoms. The number of hydrogen-bond donors (Lipinski definition) is 3. The van der Waals surface area contributed by atoms with E-state index >= 15 is 0 Å². The van der Waals surface area contributed by atoms with E-state index in [1.165, 1.54) is 38.5 Å². The summed E-state index contributed by atoms with van der Waals surface area (Å²) in [6.07, 6.45) is 10.7. The van der Waals surface area contributed by atoms with Crippen molar-refractivity contribution in [1.82, 2.24) is 0 Å². The molecule has 4 saturated carbocycles. The lowest BCUT2D eigenvalue weighted by molar-refractivity contribution is -0.299. The van der Waals surface area contributed by atoms with Crippen LogP contribution in [0.2, 0.25) is 0 Å². The Morgan fingerprint density at radius 2 is 1.62 bits per heavy atom. The number of rotatable bonds is 6. The van der Waals surface area contributed by atoms with Crippen molar-refractivity contribution in [3.63, 3.8) is 0 Å². The third-order valence-corrected chi connectivity index (χ3v) is 11.9. The van der Waals surface area contributed by atoms with Crippen LogP contribution >= 0.6 is 11.6 Å². The number of alkyl halides is 1. The molecule has 0 amide bonds. The Kier molecular flexibility index (Phi) is 6.85. The Morgan fingerprint density at radius 1 is 0.906 bits per heavy atom. The Labute approximate surface area is 201 Å². The SMILES string of the molecule is CC(C)CCC[C@@H](C)[C@H]1CC[C@H]2[C@@H]3CC(O)(CCl)C4(O)CC(O)CC[C@]4(C)[C@H]3CC[C@]12C. The van der Waals surface area contributed by atoms with E-state index in [0.717, 1.165) is 37.0 Å². The van der Waals surface area contributed by atoms with Gasteiger partial charge in [0.2, 0.25) is 0 Å². The van der Waals surface area contributed by atoms with Gasteiger partial charge in [-0.05, 0) is 85.9 Å². The van der Waals surface area contributed by atoms with Crippen LogP contribution in [0.1, 0.15) is 105 Å². The Bertz CT molecular complexity index is 684. The summed E-state index contributed by atoms with van der Waals surface area (Å²) in [4.78, 5) is 0. The molecule has 0 aromatic rings. The molecule has 0 aromatic heterocycles. The minimum absolute atomic E-state index is 0.0491. The molecule has 4 aliphatic carbocycles. The molecule has 3 N–H and O–H groups in total. The Hall–Kier alpha value is 0.170. The molecule has 32 heavy (non-hydrogen) atoms. The van der Waals surface area contributed by atoms with Crippen molar-refractivity contribution in [2.24, 2.45) is 46.3 Å². The van der Waals surface area contributed by atoms with E-state index in [-0.39, 0.29) is 17.7 Å². The van der Waals surface area contributed by atoms with E-state index < -0.39 is 17.3 Å². The predicted octanol–water partition coefficient (Wildman–Crippen LogP) is 6.16. The van der Waals surface area contributed by atoms with Gasteiger partial charge in [-0.2, -0.15) is 0 Å². The van der Waals surface area contributed by atoms with E-state index in [1.54, 1.807) is 0 Å². The maximum Gasteiger partial charge on any atom is 0.108 e. The van der Waals surface area contributed by atoms with Gasteiger partial charge < -0.3 is 15.3 Å². The van der Waals surface area contributed by atoms with Gasteiger partial charge in [0.1, 0.15) is 11.2 Å². The first-order valence-electron chi connectivity index (χ1n) is 13.6. The van der Waals surface area contributed by atoms with Crippen LogP contribution in [0.25, 0.3) is 0 Å². The summed E-state index contributed by atoms with van der Waals surface area (Å²) in [5.74, 6) is 3.81. The van der Waals surface area contributed by atoms with E-state index in [9.17, 15) is 15.3 Å². The van der Waals surface area contributed by atoms with Gasteiger partial charge in [-0.25, -0.2) is 0 Å². The first kappa shape index (κ1) is 25.3. The fourth-order valence-corrected chi connectivity index (χ4v) is 10.0. The molecule has 0 aromatic carbocycles. The average Bonchev–Trinajstić information content (AvgIpc) is 3.07. The van der Waals surface area contributed by atoms with Crippen LogP contribution in [0.5, 0.6) is 0 Å². The minimum atomic E-state index is -1.31. The maximum absolute atomic E-state index is 12.0. The summed E-state index contributed by atoms with van der Waals surface area (Å²) in [6, 6.07) is 0. The van der Waals surface area contributed by atoms with Gasteiger partial charge in [-0.1, -0.05) is 53.9 Å². The molecule has 10 atom stereocenters. The second-order valence-electron chi connectivity index (χ2n) is 13.5. The van der Waals surface area contributed by atoms with Gasteiger partial charge in [-0.3, -0.25) is 0 Å². The Morgan fingerprint density at radius 3 is 2.28 bits per heavy atom. The van der Waals surface area contributed by atoms with Crippen LogP contribution in [0.3, 0.4) is 0 Å². The third-order valence-electron chi connectivity index (χ3n) is 11.5. The summed E-state index contributed by atoms with van der Waals surface area (Å²) in [6.45, 7) is 11.9. The van der Waals surface area contributed by atoms with Crippen LogP contribution < -0.4 is 0 Å². The molecule has 0 saturated heterocycles. The summed E-state index contributed by atoms with van der Waals surface area (Å²) in [5, 5.41) is 34.2. The zero-order valence-electron chi connectivity index (χ0n) is 21.2. The molecular weight excluding hydrogens is 420 g/mol. The lowest BCUT2D eigenvalue weighted by atomic mass is 9.40. The van der Waals surface area contributed by atoms with E-state index in [4.69, 9.17) is 11.6 Å². The lowest BCUT2D eigenvalue weighted by Crippen LogP contribution is -2.74. The molecule has 3 unspecified atom stereocenters. The summed E-state index contributed by atoms with van der Waals surface area (Å²) in [7, 11) is 0. The molecule has 0 spiro atoms. The van der Waals surface area contributed by atoms with E-state index in [1.807, 2.05) is 0 Å². The van der Waals surface area contributed by atoms with Gasteiger partial charge in [0.25, 0.3) is 0 Å². The predicted molar refractivity (Wildman–Crippen MR) is 132 cm³/mol. The normalized spacial score (nSPS) is 51.8. The van der Waals surface area contributed by atoms with Gasteiger partial charge in [0, 0.05) is 11.8 Å². The molecule has 0 aliphatic heterocycles. The second-order valence-corrected chi connectivity index (χ2v) is 13.7. The van der Waals surface area contributed by atoms with Crippen LogP contribution in [0.15, 0.2) is 0 Å². The van der Waals surface area contributed by atoms with Gasteiger partial charge in [-0.15, -0.1) is 11.6 Å². The van der Waals surface area contributed by atoms with Gasteiger partial charge in [0.05, 0.1) is 12.0 Å². The van der Waals surface area contributed by atoms with Crippen LogP contribution in [0.4, 0.5) is 0 Å².